The van der Waals surface area contributed by atoms with Crippen molar-refractivity contribution in [3.05, 3.63) is 69.2 Å². The van der Waals surface area contributed by atoms with Crippen LogP contribution in [-0.4, -0.2) is 27.8 Å². The number of unbranched alkanes of at least 4 members (excludes halogenated alkanes) is 1. The molecule has 0 saturated heterocycles. The molecule has 3 rings (SSSR count). The standard InChI is InChI=1S/C21H23N3O3S/c1-15(16-8-7-9-17(14-16)24(26)27)23(2)21(25)13-6-5-12-20-22-18-10-3-4-11-19(18)28-20/h3-4,7-11,14-15H,5-6,12-13H2,1-2H3/t15-/m1/s1. The maximum Gasteiger partial charge on any atom is 0.269 e. The lowest BCUT2D eigenvalue weighted by atomic mass is 10.1. The normalized spacial score (nSPS) is 12.1. The number of rotatable bonds is 8. The van der Waals surface area contributed by atoms with E-state index in [0.717, 1.165) is 35.4 Å². The van der Waals surface area contributed by atoms with Crippen LogP contribution in [0, 0.1) is 10.1 Å². The van der Waals surface area contributed by atoms with Crippen LogP contribution in [0.25, 0.3) is 10.2 Å². The van der Waals surface area contributed by atoms with Crippen LogP contribution in [0.1, 0.15) is 42.8 Å². The minimum atomic E-state index is -0.417. The summed E-state index contributed by atoms with van der Waals surface area (Å²) in [6.45, 7) is 1.89. The Bertz CT molecular complexity index is 953. The zero-order chi connectivity index (χ0) is 20.1. The molecule has 6 nitrogen and oxygen atoms in total. The predicted octanol–water partition coefficient (Wildman–Crippen LogP) is 5.14. The lowest BCUT2D eigenvalue weighted by Crippen LogP contribution is -2.29. The van der Waals surface area contributed by atoms with Crippen molar-refractivity contribution in [1.29, 1.82) is 0 Å². The van der Waals surface area contributed by atoms with Crippen LogP contribution in [0.15, 0.2) is 48.5 Å². The Balaban J connectivity index is 1.49. The first-order valence-corrected chi connectivity index (χ1v) is 10.1. The number of hydrogen-bond donors (Lipinski definition) is 0. The van der Waals surface area contributed by atoms with Gasteiger partial charge in [-0.1, -0.05) is 24.3 Å². The molecule has 2 aromatic carbocycles. The van der Waals surface area contributed by atoms with Crippen LogP contribution in [0.5, 0.6) is 0 Å². The minimum absolute atomic E-state index is 0.0426. The number of fused-ring (bicyclic) bond motifs is 1. The van der Waals surface area contributed by atoms with Crippen LogP contribution >= 0.6 is 11.3 Å². The molecule has 1 atom stereocenters. The number of para-hydroxylation sites is 1. The third-order valence-electron chi connectivity index (χ3n) is 4.91. The Morgan fingerprint density at radius 3 is 2.75 bits per heavy atom. The van der Waals surface area contributed by atoms with Crippen molar-refractivity contribution in [1.82, 2.24) is 9.88 Å². The lowest BCUT2D eigenvalue weighted by molar-refractivity contribution is -0.384. The molecule has 0 N–H and O–H groups in total. The summed E-state index contributed by atoms with van der Waals surface area (Å²) in [6.07, 6.45) is 3.03. The summed E-state index contributed by atoms with van der Waals surface area (Å²) in [6, 6.07) is 14.3. The predicted molar refractivity (Wildman–Crippen MR) is 111 cm³/mol. The first kappa shape index (κ1) is 19.9. The van der Waals surface area contributed by atoms with E-state index in [1.54, 1.807) is 29.4 Å². The first-order valence-electron chi connectivity index (χ1n) is 9.30. The van der Waals surface area contributed by atoms with Gasteiger partial charge in [0, 0.05) is 25.6 Å². The average molecular weight is 398 g/mol. The molecule has 0 spiro atoms. The second-order valence-corrected chi connectivity index (χ2v) is 7.93. The van der Waals surface area contributed by atoms with Gasteiger partial charge in [0.15, 0.2) is 0 Å². The number of benzene rings is 2. The second-order valence-electron chi connectivity index (χ2n) is 6.82. The largest absolute Gasteiger partial charge is 0.339 e. The van der Waals surface area contributed by atoms with E-state index in [1.807, 2.05) is 31.2 Å². The molecule has 0 aliphatic rings. The summed E-state index contributed by atoms with van der Waals surface area (Å²) in [5.41, 5.74) is 1.84. The topological polar surface area (TPSA) is 76.3 Å². The fraction of sp³-hybridized carbons (Fsp3) is 0.333. The summed E-state index contributed by atoms with van der Waals surface area (Å²) in [5, 5.41) is 12.1. The number of aromatic nitrogens is 1. The van der Waals surface area contributed by atoms with E-state index < -0.39 is 4.92 Å². The molecular formula is C21H23N3O3S. The number of carbonyl (C=O) groups is 1. The highest BCUT2D eigenvalue weighted by atomic mass is 32.1. The number of carbonyl (C=O) groups excluding carboxylic acids is 1. The van der Waals surface area contributed by atoms with E-state index in [2.05, 4.69) is 11.1 Å². The smallest absolute Gasteiger partial charge is 0.269 e. The molecule has 3 aromatic rings. The quantitative estimate of drug-likeness (QED) is 0.300. The minimum Gasteiger partial charge on any atom is -0.339 e. The van der Waals surface area contributed by atoms with Crippen molar-refractivity contribution < 1.29 is 9.72 Å². The van der Waals surface area contributed by atoms with Gasteiger partial charge in [-0.15, -0.1) is 11.3 Å². The molecule has 0 fully saturated rings. The number of nitro groups is 1. The van der Waals surface area contributed by atoms with Crippen molar-refractivity contribution in [3.8, 4) is 0 Å². The van der Waals surface area contributed by atoms with Gasteiger partial charge in [-0.05, 0) is 43.9 Å². The van der Waals surface area contributed by atoms with Crippen molar-refractivity contribution in [2.24, 2.45) is 0 Å². The number of non-ortho nitro benzene ring substituents is 1. The number of nitro benzene ring substituents is 1. The van der Waals surface area contributed by atoms with E-state index in [0.29, 0.717) is 6.42 Å². The maximum absolute atomic E-state index is 12.5. The summed E-state index contributed by atoms with van der Waals surface area (Å²) >= 11 is 1.71. The number of aryl methyl sites for hydroxylation is 1. The molecule has 0 radical (unpaired) electrons. The third kappa shape index (κ3) is 4.72. The molecule has 1 amide bonds. The summed E-state index contributed by atoms with van der Waals surface area (Å²) in [4.78, 5) is 29.3. The summed E-state index contributed by atoms with van der Waals surface area (Å²) in [5.74, 6) is 0.0447. The summed E-state index contributed by atoms with van der Waals surface area (Å²) < 4.78 is 1.19. The number of hydrogen-bond acceptors (Lipinski definition) is 5. The Kier molecular flexibility index (Phi) is 6.36. The molecule has 28 heavy (non-hydrogen) atoms. The van der Waals surface area contributed by atoms with Gasteiger partial charge in [-0.3, -0.25) is 14.9 Å². The Labute approximate surface area is 168 Å². The van der Waals surface area contributed by atoms with E-state index in [1.165, 1.54) is 16.8 Å². The molecule has 0 aliphatic carbocycles. The third-order valence-corrected chi connectivity index (χ3v) is 6.00. The van der Waals surface area contributed by atoms with E-state index >= 15 is 0 Å². The molecule has 7 heteroatoms. The fourth-order valence-corrected chi connectivity index (χ4v) is 4.10. The van der Waals surface area contributed by atoms with Crippen LogP contribution in [0.3, 0.4) is 0 Å². The van der Waals surface area contributed by atoms with Gasteiger partial charge in [0.1, 0.15) is 0 Å². The van der Waals surface area contributed by atoms with Gasteiger partial charge in [-0.2, -0.15) is 0 Å². The van der Waals surface area contributed by atoms with Crippen molar-refractivity contribution in [3.63, 3.8) is 0 Å². The van der Waals surface area contributed by atoms with Gasteiger partial charge in [0.2, 0.25) is 5.91 Å². The van der Waals surface area contributed by atoms with Crippen LogP contribution < -0.4 is 0 Å². The van der Waals surface area contributed by atoms with E-state index in [-0.39, 0.29) is 17.6 Å². The molecule has 0 bridgehead atoms. The molecular weight excluding hydrogens is 374 g/mol. The Morgan fingerprint density at radius 1 is 1.21 bits per heavy atom. The molecule has 0 unspecified atom stereocenters. The first-order chi connectivity index (χ1) is 13.5. The highest BCUT2D eigenvalue weighted by Crippen LogP contribution is 2.25. The fourth-order valence-electron chi connectivity index (χ4n) is 3.09. The average Bonchev–Trinajstić information content (AvgIpc) is 3.12. The van der Waals surface area contributed by atoms with Crippen LogP contribution in [0.2, 0.25) is 0 Å². The summed E-state index contributed by atoms with van der Waals surface area (Å²) in [7, 11) is 1.75. The van der Waals surface area contributed by atoms with Gasteiger partial charge >= 0.3 is 0 Å². The molecule has 146 valence electrons. The highest BCUT2D eigenvalue weighted by Gasteiger charge is 2.19. The molecule has 1 aromatic heterocycles. The maximum atomic E-state index is 12.5. The Morgan fingerprint density at radius 2 is 2.00 bits per heavy atom. The van der Waals surface area contributed by atoms with Gasteiger partial charge in [0.05, 0.1) is 26.2 Å². The van der Waals surface area contributed by atoms with Crippen LogP contribution in [-0.2, 0) is 11.2 Å². The van der Waals surface area contributed by atoms with Gasteiger partial charge < -0.3 is 4.90 Å². The second kappa shape index (κ2) is 8.93. The number of nitrogens with zero attached hydrogens (tertiary/aromatic N) is 3. The highest BCUT2D eigenvalue weighted by molar-refractivity contribution is 7.18. The zero-order valence-corrected chi connectivity index (χ0v) is 16.8. The lowest BCUT2D eigenvalue weighted by Gasteiger charge is -2.25. The molecule has 1 heterocycles. The van der Waals surface area contributed by atoms with Crippen molar-refractivity contribution >= 4 is 33.1 Å². The SMILES string of the molecule is C[C@H](c1cccc([N+](=O)[O-])c1)N(C)C(=O)CCCCc1nc2ccccc2s1. The van der Waals surface area contributed by atoms with Crippen molar-refractivity contribution in [2.45, 2.75) is 38.6 Å². The van der Waals surface area contributed by atoms with E-state index in [4.69, 9.17) is 0 Å². The number of amides is 1. The van der Waals surface area contributed by atoms with Gasteiger partial charge in [0.25, 0.3) is 5.69 Å². The molecule has 0 saturated carbocycles. The Hall–Kier alpha value is -2.80. The zero-order valence-electron chi connectivity index (χ0n) is 16.0. The van der Waals surface area contributed by atoms with Crippen molar-refractivity contribution in [2.75, 3.05) is 7.05 Å². The monoisotopic (exact) mass is 397 g/mol. The van der Waals surface area contributed by atoms with E-state index in [9.17, 15) is 14.9 Å². The molecule has 0 aliphatic heterocycles. The van der Waals surface area contributed by atoms with Crippen LogP contribution in [0.4, 0.5) is 5.69 Å². The number of thiazole rings is 1. The van der Waals surface area contributed by atoms with Gasteiger partial charge in [-0.25, -0.2) is 4.98 Å².